The number of carbonyl (C=O) groups is 1. The zero-order valence-electron chi connectivity index (χ0n) is 11.8. The Labute approximate surface area is 113 Å². The molecule has 0 heterocycles. The van der Waals surface area contributed by atoms with Crippen LogP contribution in [0.15, 0.2) is 23.1 Å². The van der Waals surface area contributed by atoms with E-state index in [0.717, 1.165) is 4.31 Å². The number of carboxylic acids is 1. The maximum atomic E-state index is 12.3. The van der Waals surface area contributed by atoms with E-state index in [1.807, 2.05) is 20.8 Å². The summed E-state index contributed by atoms with van der Waals surface area (Å²) in [5.41, 5.74) is 0.176. The van der Waals surface area contributed by atoms with Crippen molar-refractivity contribution in [2.75, 3.05) is 14.1 Å². The van der Waals surface area contributed by atoms with Gasteiger partial charge in [0.05, 0.1) is 10.5 Å². The number of carboxylic acid groups (broad SMARTS) is 1. The Morgan fingerprint density at radius 3 is 2.11 bits per heavy atom. The number of nitrogens with zero attached hydrogens (tertiary/aromatic N) is 1. The molecule has 0 fully saturated rings. The van der Waals surface area contributed by atoms with Crippen LogP contribution in [0.4, 0.5) is 0 Å². The quantitative estimate of drug-likeness (QED) is 0.921. The molecular formula is C13H19NO4S. The van der Waals surface area contributed by atoms with Crippen molar-refractivity contribution in [1.82, 2.24) is 4.31 Å². The lowest BCUT2D eigenvalue weighted by atomic mass is 9.86. The van der Waals surface area contributed by atoms with Crippen molar-refractivity contribution in [3.63, 3.8) is 0 Å². The molecule has 0 spiro atoms. The average molecular weight is 285 g/mol. The fraction of sp³-hybridized carbons (Fsp3) is 0.462. The molecule has 0 saturated carbocycles. The van der Waals surface area contributed by atoms with E-state index in [4.69, 9.17) is 5.11 Å². The lowest BCUT2D eigenvalue weighted by Crippen LogP contribution is -2.26. The zero-order valence-corrected chi connectivity index (χ0v) is 12.6. The van der Waals surface area contributed by atoms with Gasteiger partial charge in [-0.05, 0) is 23.1 Å². The second-order valence-corrected chi connectivity index (χ2v) is 7.67. The van der Waals surface area contributed by atoms with Gasteiger partial charge in [-0.15, -0.1) is 0 Å². The highest BCUT2D eigenvalue weighted by Crippen LogP contribution is 2.31. The van der Waals surface area contributed by atoms with Crippen molar-refractivity contribution in [2.24, 2.45) is 0 Å². The first-order valence-electron chi connectivity index (χ1n) is 5.78. The van der Waals surface area contributed by atoms with Crippen molar-refractivity contribution >= 4 is 16.0 Å². The Bertz CT molecular complexity index is 598. The minimum absolute atomic E-state index is 0.0339. The number of rotatable bonds is 3. The highest BCUT2D eigenvalue weighted by atomic mass is 32.2. The summed E-state index contributed by atoms with van der Waals surface area (Å²) in [6.07, 6.45) is 0. The molecule has 1 aromatic carbocycles. The van der Waals surface area contributed by atoms with Gasteiger partial charge in [-0.3, -0.25) is 0 Å². The summed E-state index contributed by atoms with van der Waals surface area (Å²) >= 11 is 0. The van der Waals surface area contributed by atoms with Crippen LogP contribution in [0.25, 0.3) is 0 Å². The van der Waals surface area contributed by atoms with Gasteiger partial charge in [0.25, 0.3) is 0 Å². The predicted molar refractivity (Wildman–Crippen MR) is 73.0 cm³/mol. The molecule has 1 N–H and O–H groups in total. The molecule has 0 bridgehead atoms. The third-order valence-electron chi connectivity index (χ3n) is 2.80. The summed E-state index contributed by atoms with van der Waals surface area (Å²) < 4.78 is 25.7. The molecule has 0 aromatic heterocycles. The average Bonchev–Trinajstić information content (AvgIpc) is 2.26. The Morgan fingerprint density at radius 2 is 1.74 bits per heavy atom. The Balaban J connectivity index is 3.66. The monoisotopic (exact) mass is 285 g/mol. The molecule has 0 aliphatic carbocycles. The number of hydrogen-bond acceptors (Lipinski definition) is 3. The molecule has 0 aliphatic heterocycles. The van der Waals surface area contributed by atoms with Crippen LogP contribution in [0.1, 0.15) is 36.7 Å². The lowest BCUT2D eigenvalue weighted by molar-refractivity contribution is 0.0696. The first kappa shape index (κ1) is 15.7. The first-order chi connectivity index (χ1) is 8.48. The predicted octanol–water partition coefficient (Wildman–Crippen LogP) is 1.93. The Kier molecular flexibility index (Phi) is 4.07. The van der Waals surface area contributed by atoms with Crippen molar-refractivity contribution in [3.8, 4) is 0 Å². The highest BCUT2D eigenvalue weighted by Gasteiger charge is 2.28. The van der Waals surface area contributed by atoms with Crippen LogP contribution in [0, 0.1) is 0 Å². The van der Waals surface area contributed by atoms with Crippen molar-refractivity contribution in [2.45, 2.75) is 31.1 Å². The summed E-state index contributed by atoms with van der Waals surface area (Å²) in [7, 11) is -0.825. The van der Waals surface area contributed by atoms with Crippen LogP contribution in [0.3, 0.4) is 0 Å². The van der Waals surface area contributed by atoms with E-state index in [-0.39, 0.29) is 10.5 Å². The Morgan fingerprint density at radius 1 is 1.21 bits per heavy atom. The van der Waals surface area contributed by atoms with Crippen LogP contribution >= 0.6 is 0 Å². The summed E-state index contributed by atoms with van der Waals surface area (Å²) in [6, 6.07) is 4.22. The summed E-state index contributed by atoms with van der Waals surface area (Å²) in [4.78, 5) is 11.0. The van der Waals surface area contributed by atoms with E-state index in [1.165, 1.54) is 26.2 Å². The van der Waals surface area contributed by atoms with Gasteiger partial charge < -0.3 is 5.11 Å². The fourth-order valence-electron chi connectivity index (χ4n) is 1.69. The molecule has 0 aliphatic rings. The smallest absolute Gasteiger partial charge is 0.335 e. The van der Waals surface area contributed by atoms with Gasteiger partial charge in [0, 0.05) is 14.1 Å². The molecule has 1 aromatic rings. The summed E-state index contributed by atoms with van der Waals surface area (Å²) in [5, 5.41) is 9.00. The van der Waals surface area contributed by atoms with Gasteiger partial charge in [0.1, 0.15) is 0 Å². The molecule has 6 heteroatoms. The number of benzene rings is 1. The van der Waals surface area contributed by atoms with E-state index >= 15 is 0 Å². The summed E-state index contributed by atoms with van der Waals surface area (Å²) in [5.74, 6) is -1.14. The van der Waals surface area contributed by atoms with Crippen LogP contribution in [-0.2, 0) is 15.4 Å². The molecule has 5 nitrogen and oxygen atoms in total. The van der Waals surface area contributed by atoms with Gasteiger partial charge in [0.2, 0.25) is 10.0 Å². The third kappa shape index (κ3) is 3.13. The van der Waals surface area contributed by atoms with Crippen LogP contribution in [-0.4, -0.2) is 37.9 Å². The van der Waals surface area contributed by atoms with Crippen molar-refractivity contribution < 1.29 is 18.3 Å². The molecule has 0 unspecified atom stereocenters. The molecule has 106 valence electrons. The first-order valence-corrected chi connectivity index (χ1v) is 7.22. The largest absolute Gasteiger partial charge is 0.478 e. The van der Waals surface area contributed by atoms with E-state index in [0.29, 0.717) is 5.56 Å². The second kappa shape index (κ2) is 4.94. The maximum Gasteiger partial charge on any atom is 0.335 e. The molecular weight excluding hydrogens is 266 g/mol. The maximum absolute atomic E-state index is 12.3. The topological polar surface area (TPSA) is 74.7 Å². The standard InChI is InChI=1S/C13H19NO4S/c1-13(2,3)10-7-6-9(12(15)16)8-11(10)19(17,18)14(4)5/h6-8H,1-5H3,(H,15,16). The summed E-state index contributed by atoms with van der Waals surface area (Å²) in [6.45, 7) is 5.66. The molecule has 1 rings (SSSR count). The van der Waals surface area contributed by atoms with Crippen molar-refractivity contribution in [3.05, 3.63) is 29.3 Å². The number of sulfonamides is 1. The van der Waals surface area contributed by atoms with E-state index in [9.17, 15) is 13.2 Å². The molecule has 0 atom stereocenters. The van der Waals surface area contributed by atoms with E-state index in [2.05, 4.69) is 0 Å². The molecule has 0 radical (unpaired) electrons. The molecule has 0 saturated heterocycles. The second-order valence-electron chi connectivity index (χ2n) is 5.55. The van der Waals surface area contributed by atoms with Crippen molar-refractivity contribution in [1.29, 1.82) is 0 Å². The highest BCUT2D eigenvalue weighted by molar-refractivity contribution is 7.89. The van der Waals surface area contributed by atoms with Gasteiger partial charge in [-0.25, -0.2) is 17.5 Å². The zero-order chi connectivity index (χ0) is 15.0. The van der Waals surface area contributed by atoms with E-state index < -0.39 is 21.4 Å². The van der Waals surface area contributed by atoms with Gasteiger partial charge in [-0.2, -0.15) is 0 Å². The van der Waals surface area contributed by atoms with Gasteiger partial charge in [-0.1, -0.05) is 26.8 Å². The Hall–Kier alpha value is -1.40. The van der Waals surface area contributed by atoms with Gasteiger partial charge >= 0.3 is 5.97 Å². The minimum Gasteiger partial charge on any atom is -0.478 e. The molecule has 19 heavy (non-hydrogen) atoms. The van der Waals surface area contributed by atoms with E-state index in [1.54, 1.807) is 6.07 Å². The fourth-order valence-corrected chi connectivity index (χ4v) is 3.01. The number of aromatic carboxylic acids is 1. The normalized spacial score (nSPS) is 12.7. The lowest BCUT2D eigenvalue weighted by Gasteiger charge is -2.24. The molecule has 0 amide bonds. The SMILES string of the molecule is CN(C)S(=O)(=O)c1cc(C(=O)O)ccc1C(C)(C)C. The minimum atomic E-state index is -3.68. The number of hydrogen-bond donors (Lipinski definition) is 1. The van der Waals surface area contributed by atoms with Crippen LogP contribution in [0.5, 0.6) is 0 Å². The van der Waals surface area contributed by atoms with Crippen LogP contribution < -0.4 is 0 Å². The third-order valence-corrected chi connectivity index (χ3v) is 4.65. The van der Waals surface area contributed by atoms with Crippen LogP contribution in [0.2, 0.25) is 0 Å². The van der Waals surface area contributed by atoms with Gasteiger partial charge in [0.15, 0.2) is 0 Å².